The second kappa shape index (κ2) is 3.83. The van der Waals surface area contributed by atoms with Crippen LogP contribution < -0.4 is 10.6 Å². The molecule has 0 saturated heterocycles. The molecule has 0 fully saturated rings. The van der Waals surface area contributed by atoms with Crippen LogP contribution in [0, 0.1) is 5.82 Å². The lowest BCUT2D eigenvalue weighted by atomic mass is 10.0. The highest BCUT2D eigenvalue weighted by Crippen LogP contribution is 2.25. The number of nitrogens with one attached hydrogen (secondary N) is 2. The summed E-state index contributed by atoms with van der Waals surface area (Å²) in [5.41, 5.74) is 1.37. The summed E-state index contributed by atoms with van der Waals surface area (Å²) in [7, 11) is 4.41. The van der Waals surface area contributed by atoms with E-state index >= 15 is 0 Å². The van der Waals surface area contributed by atoms with Gasteiger partial charge in [-0.1, -0.05) is 0 Å². The molecule has 0 radical (unpaired) electrons. The van der Waals surface area contributed by atoms with E-state index in [2.05, 4.69) is 33.4 Å². The van der Waals surface area contributed by atoms with E-state index < -0.39 is 0 Å². The lowest BCUT2D eigenvalue weighted by Crippen LogP contribution is -2.33. The van der Waals surface area contributed by atoms with Gasteiger partial charge in [-0.3, -0.25) is 0 Å². The number of fused-ring (bicyclic) bond motifs is 1. The van der Waals surface area contributed by atoms with Gasteiger partial charge >= 0.3 is 0 Å². The molecular formula is C12H16FN2P. The van der Waals surface area contributed by atoms with Crippen molar-refractivity contribution in [3.05, 3.63) is 29.7 Å². The van der Waals surface area contributed by atoms with Gasteiger partial charge < -0.3 is 10.3 Å². The van der Waals surface area contributed by atoms with Crippen molar-refractivity contribution >= 4 is 25.4 Å². The average molecular weight is 238 g/mol. The molecule has 2 aromatic rings. The Morgan fingerprint density at radius 2 is 2.00 bits per heavy atom. The second-order valence-corrected chi connectivity index (χ2v) is 5.19. The summed E-state index contributed by atoms with van der Waals surface area (Å²) in [6.07, 6.45) is 0. The van der Waals surface area contributed by atoms with Gasteiger partial charge in [0.15, 0.2) is 0 Å². The van der Waals surface area contributed by atoms with Crippen molar-refractivity contribution in [3.8, 4) is 0 Å². The first-order valence-electron chi connectivity index (χ1n) is 5.21. The molecule has 0 saturated carbocycles. The van der Waals surface area contributed by atoms with Crippen molar-refractivity contribution in [2.75, 3.05) is 7.05 Å². The maximum absolute atomic E-state index is 13.7. The topological polar surface area (TPSA) is 27.8 Å². The van der Waals surface area contributed by atoms with Gasteiger partial charge in [0.05, 0.1) is 11.1 Å². The van der Waals surface area contributed by atoms with Gasteiger partial charge in [0.2, 0.25) is 0 Å². The zero-order valence-corrected chi connectivity index (χ0v) is 10.8. The van der Waals surface area contributed by atoms with Gasteiger partial charge in [-0.2, -0.15) is 0 Å². The van der Waals surface area contributed by atoms with Crippen LogP contribution in [-0.4, -0.2) is 12.0 Å². The van der Waals surface area contributed by atoms with Crippen LogP contribution >= 0.6 is 9.24 Å². The van der Waals surface area contributed by atoms with Gasteiger partial charge in [0.1, 0.15) is 5.82 Å². The number of rotatable bonds is 2. The van der Waals surface area contributed by atoms with Crippen molar-refractivity contribution in [1.82, 2.24) is 10.3 Å². The summed E-state index contributed by atoms with van der Waals surface area (Å²) in [5, 5.41) is 4.96. The monoisotopic (exact) mass is 238 g/mol. The molecule has 16 heavy (non-hydrogen) atoms. The predicted octanol–water partition coefficient (Wildman–Crippen LogP) is 2.26. The van der Waals surface area contributed by atoms with Gasteiger partial charge in [-0.25, -0.2) is 4.39 Å². The van der Waals surface area contributed by atoms with Crippen LogP contribution in [0.1, 0.15) is 19.5 Å². The molecule has 0 bridgehead atoms. The van der Waals surface area contributed by atoms with E-state index in [1.54, 1.807) is 0 Å². The molecule has 0 spiro atoms. The van der Waals surface area contributed by atoms with Crippen LogP contribution in [0.25, 0.3) is 10.9 Å². The maximum atomic E-state index is 13.7. The third kappa shape index (κ3) is 1.85. The zero-order valence-electron chi connectivity index (χ0n) is 9.69. The summed E-state index contributed by atoms with van der Waals surface area (Å²) >= 11 is 0. The van der Waals surface area contributed by atoms with E-state index in [4.69, 9.17) is 0 Å². The van der Waals surface area contributed by atoms with E-state index in [0.717, 1.165) is 16.4 Å². The Kier molecular flexibility index (Phi) is 2.77. The first-order valence-corrected chi connectivity index (χ1v) is 5.79. The van der Waals surface area contributed by atoms with Crippen molar-refractivity contribution in [2.24, 2.45) is 0 Å². The van der Waals surface area contributed by atoms with E-state index in [-0.39, 0.29) is 11.4 Å². The van der Waals surface area contributed by atoms with Crippen LogP contribution in [0.4, 0.5) is 4.39 Å². The third-order valence-corrected chi connectivity index (χ3v) is 3.33. The minimum Gasteiger partial charge on any atom is -0.354 e. The summed E-state index contributed by atoms with van der Waals surface area (Å²) in [6.45, 7) is 4.11. The Labute approximate surface area is 96.8 Å². The Morgan fingerprint density at radius 1 is 1.31 bits per heavy atom. The van der Waals surface area contributed by atoms with Crippen LogP contribution in [0.5, 0.6) is 0 Å². The summed E-state index contributed by atoms with van der Waals surface area (Å²) in [4.78, 5) is 3.14. The van der Waals surface area contributed by atoms with Crippen LogP contribution in [0.15, 0.2) is 18.2 Å². The number of aromatic nitrogens is 1. The summed E-state index contributed by atoms with van der Waals surface area (Å²) in [6, 6.07) is 5.46. The third-order valence-electron chi connectivity index (χ3n) is 3.00. The molecule has 86 valence electrons. The summed E-state index contributed by atoms with van der Waals surface area (Å²) in [5.74, 6) is -0.208. The number of hydrogen-bond acceptors (Lipinski definition) is 1. The average Bonchev–Trinajstić information content (AvgIpc) is 2.62. The van der Waals surface area contributed by atoms with Gasteiger partial charge in [-0.05, 0) is 44.4 Å². The quantitative estimate of drug-likeness (QED) is 0.772. The van der Waals surface area contributed by atoms with E-state index in [9.17, 15) is 4.39 Å². The molecule has 0 amide bonds. The first kappa shape index (κ1) is 11.6. The molecule has 0 aliphatic carbocycles. The molecule has 1 heterocycles. The number of H-pyrrole nitrogens is 1. The summed E-state index contributed by atoms with van der Waals surface area (Å²) < 4.78 is 13.7. The fourth-order valence-electron chi connectivity index (χ4n) is 1.69. The SMILES string of the molecule is CNC(C)(C)c1cc2cc(P)cc(F)c2[nH]1. The van der Waals surface area contributed by atoms with E-state index in [0.29, 0.717) is 5.52 Å². The lowest BCUT2D eigenvalue weighted by Gasteiger charge is -2.22. The second-order valence-electron chi connectivity index (χ2n) is 4.52. The lowest BCUT2D eigenvalue weighted by molar-refractivity contribution is 0.434. The number of benzene rings is 1. The minimum atomic E-state index is -0.208. The molecule has 4 heteroatoms. The Morgan fingerprint density at radius 3 is 2.62 bits per heavy atom. The molecule has 2 rings (SSSR count). The van der Waals surface area contributed by atoms with Crippen LogP contribution in [-0.2, 0) is 5.54 Å². The molecule has 1 atom stereocenters. The van der Waals surface area contributed by atoms with Crippen molar-refractivity contribution in [2.45, 2.75) is 19.4 Å². The van der Waals surface area contributed by atoms with Crippen molar-refractivity contribution in [3.63, 3.8) is 0 Å². The zero-order chi connectivity index (χ0) is 11.9. The van der Waals surface area contributed by atoms with Crippen molar-refractivity contribution in [1.29, 1.82) is 0 Å². The fourth-order valence-corrected chi connectivity index (χ4v) is 2.02. The molecule has 0 aliphatic rings. The highest BCUT2D eigenvalue weighted by molar-refractivity contribution is 7.27. The number of halogens is 1. The molecule has 1 aromatic carbocycles. The molecule has 0 aliphatic heterocycles. The number of hydrogen-bond donors (Lipinski definition) is 2. The van der Waals surface area contributed by atoms with Crippen LogP contribution in [0.3, 0.4) is 0 Å². The van der Waals surface area contributed by atoms with Crippen molar-refractivity contribution < 1.29 is 4.39 Å². The predicted molar refractivity (Wildman–Crippen MR) is 69.7 cm³/mol. The highest BCUT2D eigenvalue weighted by atomic mass is 31.0. The minimum absolute atomic E-state index is 0.188. The normalized spacial score (nSPS) is 12.3. The van der Waals surface area contributed by atoms with Gasteiger partial charge in [0, 0.05) is 11.1 Å². The Balaban J connectivity index is 2.65. The highest BCUT2D eigenvalue weighted by Gasteiger charge is 2.20. The molecular weight excluding hydrogens is 222 g/mol. The van der Waals surface area contributed by atoms with E-state index in [1.165, 1.54) is 6.07 Å². The molecule has 2 nitrogen and oxygen atoms in total. The van der Waals surface area contributed by atoms with Crippen LogP contribution in [0.2, 0.25) is 0 Å². The first-order chi connectivity index (χ1) is 7.44. The van der Waals surface area contributed by atoms with E-state index in [1.807, 2.05) is 19.2 Å². The Hall–Kier alpha value is -0.920. The maximum Gasteiger partial charge on any atom is 0.147 e. The van der Waals surface area contributed by atoms with Gasteiger partial charge in [0.25, 0.3) is 0 Å². The fraction of sp³-hybridized carbons (Fsp3) is 0.333. The largest absolute Gasteiger partial charge is 0.354 e. The molecule has 2 N–H and O–H groups in total. The van der Waals surface area contributed by atoms with Gasteiger partial charge in [-0.15, -0.1) is 9.24 Å². The molecule has 1 aromatic heterocycles. The number of aromatic amines is 1. The standard InChI is InChI=1S/C12H16FN2P/c1-12(2,14-3)10-5-7-4-8(16)6-9(13)11(7)15-10/h4-6,14-15H,16H2,1-3H3. The molecule has 1 unspecified atom stereocenters. The smallest absolute Gasteiger partial charge is 0.147 e. The Bertz CT molecular complexity index is 531.